The lowest BCUT2D eigenvalue weighted by atomic mass is 10.1. The van der Waals surface area contributed by atoms with Crippen LogP contribution in [0.2, 0.25) is 0 Å². The maximum atomic E-state index is 8.47. The monoisotopic (exact) mass is 128 g/mol. The van der Waals surface area contributed by atoms with Gasteiger partial charge in [0.05, 0.1) is 0 Å². The quantitative estimate of drug-likeness (QED) is 0.384. The fourth-order valence-electron chi connectivity index (χ4n) is 0.326. The molecule has 9 heavy (non-hydrogen) atoms. The molecule has 4 N–H and O–H groups in total. The molecule has 3 heteroatoms. The lowest BCUT2D eigenvalue weighted by Gasteiger charge is -1.99. The second-order valence-electron chi connectivity index (χ2n) is 2.18. The molecule has 0 aliphatic carbocycles. The van der Waals surface area contributed by atoms with Crippen molar-refractivity contribution in [3.05, 3.63) is 12.0 Å². The summed E-state index contributed by atoms with van der Waals surface area (Å²) in [4.78, 5) is 0. The minimum atomic E-state index is -0.297. The first-order valence-electron chi connectivity index (χ1n) is 2.78. The molecule has 0 atom stereocenters. The van der Waals surface area contributed by atoms with Crippen LogP contribution in [0.5, 0.6) is 0 Å². The van der Waals surface area contributed by atoms with Crippen molar-refractivity contribution in [3.63, 3.8) is 0 Å². The molecule has 0 saturated carbocycles. The van der Waals surface area contributed by atoms with E-state index in [1.54, 1.807) is 0 Å². The predicted molar refractivity (Wildman–Crippen MR) is 37.5 cm³/mol. The summed E-state index contributed by atoms with van der Waals surface area (Å²) < 4.78 is 0. The number of rotatable bonds is 2. The highest BCUT2D eigenvalue weighted by Gasteiger charge is 1.97. The summed E-state index contributed by atoms with van der Waals surface area (Å²) in [5.41, 5.74) is 5.25. The largest absolute Gasteiger partial charge is 0.495 e. The van der Waals surface area contributed by atoms with Gasteiger partial charge in [-0.1, -0.05) is 13.8 Å². The Morgan fingerprint density at radius 1 is 1.67 bits per heavy atom. The second-order valence-corrected chi connectivity index (χ2v) is 2.18. The Balaban J connectivity index is 3.93. The van der Waals surface area contributed by atoms with E-state index < -0.39 is 0 Å². The summed E-state index contributed by atoms with van der Waals surface area (Å²) >= 11 is 0. The Labute approximate surface area is 54.7 Å². The van der Waals surface area contributed by atoms with E-state index in [2.05, 4.69) is 0 Å². The minimum Gasteiger partial charge on any atom is -0.495 e. The molecule has 0 heterocycles. The van der Waals surface area contributed by atoms with Gasteiger partial charge in [-0.05, 0) is 5.92 Å². The summed E-state index contributed by atoms with van der Waals surface area (Å²) in [6.45, 7) is 3.73. The van der Waals surface area contributed by atoms with Crippen molar-refractivity contribution in [3.8, 4) is 0 Å². The molecule has 3 nitrogen and oxygen atoms in total. The van der Waals surface area contributed by atoms with Gasteiger partial charge in [-0.15, -0.1) is 0 Å². The highest BCUT2D eigenvalue weighted by Crippen LogP contribution is 1.95. The van der Waals surface area contributed by atoms with Gasteiger partial charge in [0.1, 0.15) is 0 Å². The van der Waals surface area contributed by atoms with Crippen molar-refractivity contribution >= 4 is 5.71 Å². The summed E-state index contributed by atoms with van der Waals surface area (Å²) in [6, 6.07) is 0. The van der Waals surface area contributed by atoms with E-state index in [9.17, 15) is 0 Å². The number of aliphatic hydroxyl groups is 1. The summed E-state index contributed by atoms with van der Waals surface area (Å²) in [5, 5.41) is 15.6. The van der Waals surface area contributed by atoms with Gasteiger partial charge in [0.2, 0.25) is 0 Å². The maximum Gasteiger partial charge on any atom is 0.183 e. The zero-order valence-electron chi connectivity index (χ0n) is 5.68. The van der Waals surface area contributed by atoms with Crippen molar-refractivity contribution in [2.45, 2.75) is 13.8 Å². The second kappa shape index (κ2) is 3.12. The molecule has 0 aliphatic rings. The first-order chi connectivity index (χ1) is 4.04. The Kier molecular flexibility index (Phi) is 2.78. The molecule has 0 radical (unpaired) electrons. The first-order valence-corrected chi connectivity index (χ1v) is 2.78. The maximum absolute atomic E-state index is 8.47. The molecule has 0 aromatic heterocycles. The van der Waals surface area contributed by atoms with Crippen LogP contribution in [0.25, 0.3) is 0 Å². The van der Waals surface area contributed by atoms with E-state index in [-0.39, 0.29) is 11.8 Å². The van der Waals surface area contributed by atoms with Crippen LogP contribution in [0.1, 0.15) is 13.8 Å². The minimum absolute atomic E-state index is 0.121. The summed E-state index contributed by atoms with van der Waals surface area (Å²) in [5.74, 6) is -0.176. The molecule has 0 aromatic rings. The predicted octanol–water partition coefficient (Wildman–Crippen LogP) is 1.02. The van der Waals surface area contributed by atoms with Crippen LogP contribution >= 0.6 is 0 Å². The van der Waals surface area contributed by atoms with Crippen LogP contribution in [0.15, 0.2) is 12.0 Å². The molecule has 0 rings (SSSR count). The average Bonchev–Trinajstić information content (AvgIpc) is 1.63. The molecule has 0 saturated heterocycles. The van der Waals surface area contributed by atoms with Crippen LogP contribution in [0, 0.1) is 11.3 Å². The van der Waals surface area contributed by atoms with Crippen molar-refractivity contribution < 1.29 is 5.11 Å². The molecule has 0 amide bonds. The number of nitrogens with one attached hydrogen (secondary N) is 1. The molecule has 0 aliphatic heterocycles. The molecule has 52 valence electrons. The number of nitrogens with two attached hydrogens (primary N) is 1. The average molecular weight is 128 g/mol. The van der Waals surface area contributed by atoms with Gasteiger partial charge in [0.15, 0.2) is 5.88 Å². The van der Waals surface area contributed by atoms with Crippen molar-refractivity contribution in [1.82, 2.24) is 0 Å². The van der Waals surface area contributed by atoms with E-state index >= 15 is 0 Å². The van der Waals surface area contributed by atoms with Crippen LogP contribution in [-0.2, 0) is 0 Å². The highest BCUT2D eigenvalue weighted by molar-refractivity contribution is 5.93. The molecule has 0 spiro atoms. The van der Waals surface area contributed by atoms with Crippen LogP contribution in [0.4, 0.5) is 0 Å². The van der Waals surface area contributed by atoms with E-state index in [1.165, 1.54) is 6.08 Å². The fourth-order valence-corrected chi connectivity index (χ4v) is 0.326. The number of allylic oxidation sites excluding steroid dienone is 1. The van der Waals surface area contributed by atoms with E-state index in [1.807, 2.05) is 13.8 Å². The number of hydrogen-bond donors (Lipinski definition) is 3. The van der Waals surface area contributed by atoms with Gasteiger partial charge < -0.3 is 16.2 Å². The van der Waals surface area contributed by atoms with Gasteiger partial charge in [0.25, 0.3) is 0 Å². The molecule has 0 aromatic carbocycles. The van der Waals surface area contributed by atoms with Gasteiger partial charge in [-0.25, -0.2) is 0 Å². The van der Waals surface area contributed by atoms with Crippen molar-refractivity contribution in [1.29, 1.82) is 5.41 Å². The van der Waals surface area contributed by atoms with E-state index in [0.29, 0.717) is 5.71 Å². The zero-order valence-corrected chi connectivity index (χ0v) is 5.68. The highest BCUT2D eigenvalue weighted by atomic mass is 16.3. The van der Waals surface area contributed by atoms with Crippen molar-refractivity contribution in [2.75, 3.05) is 0 Å². The first kappa shape index (κ1) is 8.01. The third-order valence-corrected chi connectivity index (χ3v) is 0.925. The van der Waals surface area contributed by atoms with E-state index in [4.69, 9.17) is 16.2 Å². The van der Waals surface area contributed by atoms with Crippen LogP contribution < -0.4 is 5.73 Å². The van der Waals surface area contributed by atoms with Gasteiger partial charge in [-0.3, -0.25) is 0 Å². The third kappa shape index (κ3) is 3.58. The summed E-state index contributed by atoms with van der Waals surface area (Å²) in [6.07, 6.45) is 1.24. The fraction of sp³-hybridized carbons (Fsp3) is 0.500. The van der Waals surface area contributed by atoms with Gasteiger partial charge in [0, 0.05) is 11.8 Å². The van der Waals surface area contributed by atoms with E-state index in [0.717, 1.165) is 0 Å². The molecule has 0 bridgehead atoms. The lowest BCUT2D eigenvalue weighted by Crippen LogP contribution is -2.06. The Bertz CT molecular complexity index is 134. The normalized spacial score (nSPS) is 12.1. The molecular formula is C6H12N2O. The Morgan fingerprint density at radius 3 is 2.22 bits per heavy atom. The third-order valence-electron chi connectivity index (χ3n) is 0.925. The van der Waals surface area contributed by atoms with Crippen molar-refractivity contribution in [2.24, 2.45) is 11.7 Å². The van der Waals surface area contributed by atoms with Gasteiger partial charge in [-0.2, -0.15) is 0 Å². The van der Waals surface area contributed by atoms with Crippen LogP contribution in [0.3, 0.4) is 0 Å². The standard InChI is InChI=1S/C6H12N2O/c1-4(2)5(7)3-6(8)9/h3-4,7,9H,8H2,1-2H3/b6-3-,7-5?. The molecule has 0 unspecified atom stereocenters. The summed E-state index contributed by atoms with van der Waals surface area (Å²) in [7, 11) is 0. The number of aliphatic hydroxyl groups excluding tert-OH is 1. The molecular weight excluding hydrogens is 116 g/mol. The zero-order chi connectivity index (χ0) is 7.44. The SMILES string of the molecule is CC(C)C(=N)/C=C(/N)O. The Morgan fingerprint density at radius 2 is 2.11 bits per heavy atom. The number of hydrogen-bond acceptors (Lipinski definition) is 3. The Hall–Kier alpha value is -0.990. The lowest BCUT2D eigenvalue weighted by molar-refractivity contribution is 0.406. The van der Waals surface area contributed by atoms with Gasteiger partial charge >= 0.3 is 0 Å². The molecule has 0 fully saturated rings. The van der Waals surface area contributed by atoms with Crippen LogP contribution in [-0.4, -0.2) is 10.8 Å². The topological polar surface area (TPSA) is 70.1 Å². The smallest absolute Gasteiger partial charge is 0.183 e.